The van der Waals surface area contributed by atoms with Crippen LogP contribution in [0.2, 0.25) is 0 Å². The zero-order chi connectivity index (χ0) is 22.4. The second-order valence-corrected chi connectivity index (χ2v) is 7.95. The third kappa shape index (κ3) is 3.33. The zero-order valence-electron chi connectivity index (χ0n) is 18.2. The fourth-order valence-corrected chi connectivity index (χ4v) is 3.94. The van der Waals surface area contributed by atoms with Gasteiger partial charge >= 0.3 is 0 Å². The summed E-state index contributed by atoms with van der Waals surface area (Å²) in [5.41, 5.74) is 2.50. The highest BCUT2D eigenvalue weighted by molar-refractivity contribution is 5.94. The highest BCUT2D eigenvalue weighted by atomic mass is 16.5. The lowest BCUT2D eigenvalue weighted by Gasteiger charge is -2.24. The SMILES string of the molecule is COc1cc([C@H]2CC(=O)Nc3c2cnn3-c2ccc3nnc(C)n3n2)ccc1OC(C)C. The van der Waals surface area contributed by atoms with E-state index in [-0.39, 0.29) is 17.9 Å². The molecule has 0 aliphatic carbocycles. The number of amides is 1. The summed E-state index contributed by atoms with van der Waals surface area (Å²) in [7, 11) is 1.61. The molecule has 4 aromatic rings. The van der Waals surface area contributed by atoms with Crippen LogP contribution in [0.1, 0.15) is 43.1 Å². The van der Waals surface area contributed by atoms with Crippen LogP contribution in [0.25, 0.3) is 11.5 Å². The number of nitrogens with one attached hydrogen (secondary N) is 1. The first-order chi connectivity index (χ1) is 15.4. The Labute approximate surface area is 184 Å². The van der Waals surface area contributed by atoms with Gasteiger partial charge in [0.2, 0.25) is 5.91 Å². The van der Waals surface area contributed by atoms with E-state index in [2.05, 4.69) is 25.7 Å². The highest BCUT2D eigenvalue weighted by Gasteiger charge is 2.31. The number of rotatable bonds is 5. The number of hydrogen-bond acceptors (Lipinski definition) is 7. The van der Waals surface area contributed by atoms with Crippen molar-refractivity contribution in [2.75, 3.05) is 12.4 Å². The predicted molar refractivity (Wildman–Crippen MR) is 116 cm³/mol. The number of carbonyl (C=O) groups is 1. The summed E-state index contributed by atoms with van der Waals surface area (Å²) in [6.07, 6.45) is 2.11. The molecule has 1 aliphatic heterocycles. The number of benzene rings is 1. The summed E-state index contributed by atoms with van der Waals surface area (Å²) < 4.78 is 14.6. The number of ether oxygens (including phenoxy) is 2. The summed E-state index contributed by atoms with van der Waals surface area (Å²) in [6, 6.07) is 9.39. The molecule has 0 fully saturated rings. The maximum Gasteiger partial charge on any atom is 0.226 e. The molecule has 0 saturated heterocycles. The Balaban J connectivity index is 1.56. The summed E-state index contributed by atoms with van der Waals surface area (Å²) in [6.45, 7) is 5.76. The van der Waals surface area contributed by atoms with Crippen LogP contribution in [0.5, 0.6) is 11.5 Å². The third-order valence-electron chi connectivity index (χ3n) is 5.39. The van der Waals surface area contributed by atoms with Crippen LogP contribution in [-0.4, -0.2) is 48.7 Å². The van der Waals surface area contributed by atoms with Crippen molar-refractivity contribution in [3.05, 3.63) is 53.5 Å². The van der Waals surface area contributed by atoms with Crippen molar-refractivity contribution in [3.63, 3.8) is 0 Å². The van der Waals surface area contributed by atoms with Gasteiger partial charge in [-0.05, 0) is 50.6 Å². The van der Waals surface area contributed by atoms with Gasteiger partial charge in [-0.15, -0.1) is 15.3 Å². The van der Waals surface area contributed by atoms with Crippen molar-refractivity contribution >= 4 is 17.4 Å². The molecule has 1 amide bonds. The van der Waals surface area contributed by atoms with E-state index in [1.54, 1.807) is 28.6 Å². The lowest BCUT2D eigenvalue weighted by atomic mass is 9.87. The van der Waals surface area contributed by atoms with Crippen LogP contribution in [0, 0.1) is 6.92 Å². The van der Waals surface area contributed by atoms with Gasteiger partial charge in [0.15, 0.2) is 28.8 Å². The first-order valence-electron chi connectivity index (χ1n) is 10.4. The normalized spacial score (nSPS) is 15.7. The predicted octanol–water partition coefficient (Wildman–Crippen LogP) is 2.89. The summed E-state index contributed by atoms with van der Waals surface area (Å²) in [4.78, 5) is 12.6. The molecule has 3 aromatic heterocycles. The van der Waals surface area contributed by atoms with E-state index in [4.69, 9.17) is 9.47 Å². The highest BCUT2D eigenvalue weighted by Crippen LogP contribution is 2.40. The standard InChI is InChI=1S/C22H23N7O3/c1-12(2)32-17-6-5-14(9-18(17)31-4)15-10-21(30)24-22-16(15)11-23-29(22)20-8-7-19-26-25-13(3)28(19)27-20/h5-9,11-12,15H,10H2,1-4H3,(H,24,30)/t15-/m1/s1. The van der Waals surface area contributed by atoms with Crippen LogP contribution in [0.3, 0.4) is 0 Å². The van der Waals surface area contributed by atoms with E-state index < -0.39 is 0 Å². The Hall–Kier alpha value is -3.95. The number of carbonyl (C=O) groups excluding carboxylic acids is 1. The minimum atomic E-state index is -0.171. The second kappa shape index (κ2) is 7.63. The molecule has 1 aliphatic rings. The zero-order valence-corrected chi connectivity index (χ0v) is 18.2. The van der Waals surface area contributed by atoms with Gasteiger partial charge in [-0.3, -0.25) is 4.79 Å². The first-order valence-corrected chi connectivity index (χ1v) is 10.4. The van der Waals surface area contributed by atoms with Crippen molar-refractivity contribution in [1.29, 1.82) is 0 Å². The Morgan fingerprint density at radius 3 is 2.78 bits per heavy atom. The topological polar surface area (TPSA) is 108 Å². The van der Waals surface area contributed by atoms with Crippen LogP contribution < -0.4 is 14.8 Å². The molecule has 5 rings (SSSR count). The summed E-state index contributed by atoms with van der Waals surface area (Å²) in [5.74, 6) is 2.87. The second-order valence-electron chi connectivity index (χ2n) is 7.95. The van der Waals surface area contributed by atoms with Crippen molar-refractivity contribution in [2.24, 2.45) is 0 Å². The Bertz CT molecular complexity index is 1320. The van der Waals surface area contributed by atoms with E-state index in [1.807, 2.05) is 45.0 Å². The summed E-state index contributed by atoms with van der Waals surface area (Å²) in [5, 5.41) is 20.2. The minimum Gasteiger partial charge on any atom is -0.493 e. The average molecular weight is 433 g/mol. The van der Waals surface area contributed by atoms with Crippen molar-refractivity contribution < 1.29 is 14.3 Å². The van der Waals surface area contributed by atoms with Gasteiger partial charge in [0.05, 0.1) is 19.4 Å². The molecule has 1 atom stereocenters. The molecule has 10 nitrogen and oxygen atoms in total. The van der Waals surface area contributed by atoms with Crippen molar-refractivity contribution in [2.45, 2.75) is 39.2 Å². The van der Waals surface area contributed by atoms with Gasteiger partial charge in [-0.2, -0.15) is 14.3 Å². The molecule has 4 heterocycles. The van der Waals surface area contributed by atoms with Gasteiger partial charge in [-0.1, -0.05) is 6.07 Å². The third-order valence-corrected chi connectivity index (χ3v) is 5.39. The van der Waals surface area contributed by atoms with Gasteiger partial charge in [0, 0.05) is 17.9 Å². The number of fused-ring (bicyclic) bond motifs is 2. The molecule has 1 aromatic carbocycles. The molecule has 10 heteroatoms. The largest absolute Gasteiger partial charge is 0.493 e. The van der Waals surface area contributed by atoms with E-state index in [0.29, 0.717) is 41.0 Å². The number of aryl methyl sites for hydroxylation is 1. The molecule has 164 valence electrons. The molecule has 0 radical (unpaired) electrons. The molecular weight excluding hydrogens is 410 g/mol. The smallest absolute Gasteiger partial charge is 0.226 e. The number of anilines is 1. The molecule has 0 unspecified atom stereocenters. The number of methoxy groups -OCH3 is 1. The van der Waals surface area contributed by atoms with Gasteiger partial charge in [-0.25, -0.2) is 0 Å². The van der Waals surface area contributed by atoms with Gasteiger partial charge in [0.25, 0.3) is 0 Å². The Morgan fingerprint density at radius 2 is 2.00 bits per heavy atom. The fourth-order valence-electron chi connectivity index (χ4n) is 3.94. The maximum absolute atomic E-state index is 12.6. The number of hydrogen-bond donors (Lipinski definition) is 1. The maximum atomic E-state index is 12.6. The van der Waals surface area contributed by atoms with Gasteiger partial charge in [0.1, 0.15) is 5.82 Å². The lowest BCUT2D eigenvalue weighted by Crippen LogP contribution is -2.25. The minimum absolute atomic E-state index is 0.0271. The Kier molecular flexibility index (Phi) is 4.76. The summed E-state index contributed by atoms with van der Waals surface area (Å²) >= 11 is 0. The first kappa shape index (κ1) is 20.0. The van der Waals surface area contributed by atoms with Crippen LogP contribution in [0.15, 0.2) is 36.5 Å². The van der Waals surface area contributed by atoms with E-state index >= 15 is 0 Å². The molecule has 0 spiro atoms. The van der Waals surface area contributed by atoms with E-state index in [1.165, 1.54) is 0 Å². The molecule has 0 saturated carbocycles. The molecular formula is C22H23N7O3. The van der Waals surface area contributed by atoms with Crippen LogP contribution in [-0.2, 0) is 4.79 Å². The van der Waals surface area contributed by atoms with E-state index in [9.17, 15) is 4.79 Å². The van der Waals surface area contributed by atoms with Gasteiger partial charge < -0.3 is 14.8 Å². The number of nitrogens with zero attached hydrogens (tertiary/aromatic N) is 6. The molecule has 1 N–H and O–H groups in total. The van der Waals surface area contributed by atoms with Crippen LogP contribution >= 0.6 is 0 Å². The van der Waals surface area contributed by atoms with Crippen LogP contribution in [0.4, 0.5) is 5.82 Å². The van der Waals surface area contributed by atoms with E-state index in [0.717, 1.165) is 11.1 Å². The van der Waals surface area contributed by atoms with Crippen molar-refractivity contribution in [1.82, 2.24) is 29.6 Å². The lowest BCUT2D eigenvalue weighted by molar-refractivity contribution is -0.116. The number of aromatic nitrogens is 6. The molecule has 32 heavy (non-hydrogen) atoms. The molecule has 0 bridgehead atoms. The fraction of sp³-hybridized carbons (Fsp3) is 0.318. The van der Waals surface area contributed by atoms with Crippen molar-refractivity contribution in [3.8, 4) is 17.3 Å². The monoisotopic (exact) mass is 433 g/mol. The Morgan fingerprint density at radius 1 is 1.16 bits per heavy atom. The quantitative estimate of drug-likeness (QED) is 0.515. The average Bonchev–Trinajstić information content (AvgIpc) is 3.36.